The van der Waals surface area contributed by atoms with E-state index < -0.39 is 0 Å². The smallest absolute Gasteiger partial charge is 0.161 e. The quantitative estimate of drug-likeness (QED) is 0.885. The summed E-state index contributed by atoms with van der Waals surface area (Å²) >= 11 is 5.93. The van der Waals surface area contributed by atoms with E-state index in [0.717, 1.165) is 40.9 Å². The Bertz CT molecular complexity index is 564. The maximum Gasteiger partial charge on any atom is 0.161 e. The topological polar surface area (TPSA) is 37.8 Å². The number of hydrogen-bond acceptors (Lipinski definition) is 3. The fraction of sp³-hybridized carbons (Fsp3) is 0.375. The second-order valence-electron chi connectivity index (χ2n) is 5.20. The first-order valence-electron chi connectivity index (χ1n) is 6.96. The van der Waals surface area contributed by atoms with Gasteiger partial charge in [-0.3, -0.25) is 0 Å². The van der Waals surface area contributed by atoms with Gasteiger partial charge in [0.1, 0.15) is 5.82 Å². The molecule has 0 saturated heterocycles. The van der Waals surface area contributed by atoms with Crippen molar-refractivity contribution >= 4 is 17.4 Å². The van der Waals surface area contributed by atoms with Gasteiger partial charge in [0.15, 0.2) is 5.82 Å². The predicted molar refractivity (Wildman–Crippen MR) is 85.2 cm³/mol. The van der Waals surface area contributed by atoms with Crippen molar-refractivity contribution in [1.29, 1.82) is 0 Å². The maximum absolute atomic E-state index is 5.93. The zero-order valence-electron chi connectivity index (χ0n) is 12.2. The van der Waals surface area contributed by atoms with Crippen LogP contribution in [0.25, 0.3) is 11.4 Å². The number of benzene rings is 1. The van der Waals surface area contributed by atoms with Gasteiger partial charge in [-0.15, -0.1) is 0 Å². The van der Waals surface area contributed by atoms with Crippen LogP contribution < -0.4 is 5.32 Å². The molecule has 0 saturated carbocycles. The van der Waals surface area contributed by atoms with Crippen LogP contribution in [-0.4, -0.2) is 16.5 Å². The molecular formula is C16H20ClN3. The largest absolute Gasteiger partial charge is 0.370 e. The lowest BCUT2D eigenvalue weighted by molar-refractivity contribution is 0.635. The van der Waals surface area contributed by atoms with Crippen LogP contribution in [0.3, 0.4) is 0 Å². The van der Waals surface area contributed by atoms with Crippen LogP contribution in [0.4, 0.5) is 5.82 Å². The molecule has 0 aliphatic rings. The number of rotatable bonds is 5. The molecule has 2 aromatic rings. The van der Waals surface area contributed by atoms with E-state index in [2.05, 4.69) is 36.1 Å². The summed E-state index contributed by atoms with van der Waals surface area (Å²) in [4.78, 5) is 9.23. The number of nitrogens with zero attached hydrogens (tertiary/aromatic N) is 2. The number of halogens is 1. The molecule has 0 bridgehead atoms. The SMILES string of the molecule is CCNc1cc(CC(C)C)nc(-c2ccc(Cl)cc2)n1. The Balaban J connectivity index is 2.40. The summed E-state index contributed by atoms with van der Waals surface area (Å²) in [5, 5.41) is 3.99. The summed E-state index contributed by atoms with van der Waals surface area (Å²) in [5.41, 5.74) is 2.05. The molecule has 2 rings (SSSR count). The van der Waals surface area contributed by atoms with E-state index in [4.69, 9.17) is 11.6 Å². The highest BCUT2D eigenvalue weighted by Crippen LogP contribution is 2.21. The molecule has 1 aromatic carbocycles. The fourth-order valence-corrected chi connectivity index (χ4v) is 2.15. The molecule has 0 amide bonds. The third-order valence-corrected chi connectivity index (χ3v) is 3.11. The van der Waals surface area contributed by atoms with E-state index in [0.29, 0.717) is 5.92 Å². The zero-order chi connectivity index (χ0) is 14.5. The second kappa shape index (κ2) is 6.71. The third kappa shape index (κ3) is 3.94. The predicted octanol–water partition coefficient (Wildman–Crippen LogP) is 4.43. The van der Waals surface area contributed by atoms with Gasteiger partial charge in [0, 0.05) is 28.9 Å². The molecule has 3 nitrogen and oxygen atoms in total. The van der Waals surface area contributed by atoms with Crippen molar-refractivity contribution in [3.63, 3.8) is 0 Å². The van der Waals surface area contributed by atoms with Crippen molar-refractivity contribution in [2.75, 3.05) is 11.9 Å². The molecule has 0 radical (unpaired) electrons. The Hall–Kier alpha value is -1.61. The van der Waals surface area contributed by atoms with Gasteiger partial charge >= 0.3 is 0 Å². The molecule has 0 spiro atoms. The number of hydrogen-bond donors (Lipinski definition) is 1. The Morgan fingerprint density at radius 2 is 1.85 bits per heavy atom. The van der Waals surface area contributed by atoms with Crippen molar-refractivity contribution < 1.29 is 0 Å². The molecule has 1 N–H and O–H groups in total. The van der Waals surface area contributed by atoms with Gasteiger partial charge in [-0.1, -0.05) is 25.4 Å². The van der Waals surface area contributed by atoms with Crippen molar-refractivity contribution in [2.45, 2.75) is 27.2 Å². The Labute approximate surface area is 125 Å². The Morgan fingerprint density at radius 1 is 1.15 bits per heavy atom. The molecule has 0 aliphatic heterocycles. The van der Waals surface area contributed by atoms with Crippen molar-refractivity contribution in [3.05, 3.63) is 41.0 Å². The summed E-state index contributed by atoms with van der Waals surface area (Å²) in [5.74, 6) is 2.19. The van der Waals surface area contributed by atoms with Crippen molar-refractivity contribution in [2.24, 2.45) is 5.92 Å². The highest BCUT2D eigenvalue weighted by atomic mass is 35.5. The molecule has 1 heterocycles. The molecule has 4 heteroatoms. The lowest BCUT2D eigenvalue weighted by atomic mass is 10.1. The Kier molecular flexibility index (Phi) is 4.96. The monoisotopic (exact) mass is 289 g/mol. The minimum atomic E-state index is 0.567. The van der Waals surface area contributed by atoms with Gasteiger partial charge in [-0.2, -0.15) is 0 Å². The van der Waals surface area contributed by atoms with Crippen molar-refractivity contribution in [3.8, 4) is 11.4 Å². The van der Waals surface area contributed by atoms with Crippen LogP contribution in [0.15, 0.2) is 30.3 Å². The molecule has 0 fully saturated rings. The van der Waals surface area contributed by atoms with E-state index in [1.54, 1.807) is 0 Å². The van der Waals surface area contributed by atoms with Crippen LogP contribution >= 0.6 is 11.6 Å². The molecule has 1 aromatic heterocycles. The second-order valence-corrected chi connectivity index (χ2v) is 5.64. The van der Waals surface area contributed by atoms with Crippen LogP contribution in [0, 0.1) is 5.92 Å². The lowest BCUT2D eigenvalue weighted by Crippen LogP contribution is -2.06. The van der Waals surface area contributed by atoms with Gasteiger partial charge in [0.2, 0.25) is 0 Å². The van der Waals surface area contributed by atoms with E-state index >= 15 is 0 Å². The van der Waals surface area contributed by atoms with E-state index in [1.165, 1.54) is 0 Å². The highest BCUT2D eigenvalue weighted by Gasteiger charge is 2.08. The van der Waals surface area contributed by atoms with Crippen molar-refractivity contribution in [1.82, 2.24) is 9.97 Å². The lowest BCUT2D eigenvalue weighted by Gasteiger charge is -2.10. The molecule has 106 valence electrons. The van der Waals surface area contributed by atoms with Gasteiger partial charge < -0.3 is 5.32 Å². The molecule has 20 heavy (non-hydrogen) atoms. The average Bonchev–Trinajstić information content (AvgIpc) is 2.38. The van der Waals surface area contributed by atoms with Gasteiger partial charge in [-0.05, 0) is 43.5 Å². The molecular weight excluding hydrogens is 270 g/mol. The molecule has 0 unspecified atom stereocenters. The first-order valence-corrected chi connectivity index (χ1v) is 7.34. The van der Waals surface area contributed by atoms with Crippen LogP contribution in [0.1, 0.15) is 26.5 Å². The van der Waals surface area contributed by atoms with E-state index in [9.17, 15) is 0 Å². The number of anilines is 1. The van der Waals surface area contributed by atoms with E-state index in [1.807, 2.05) is 30.3 Å². The standard InChI is InChI=1S/C16H20ClN3/c1-4-18-15-10-14(9-11(2)3)19-16(20-15)12-5-7-13(17)8-6-12/h5-8,10-11H,4,9H2,1-3H3,(H,18,19,20). The minimum absolute atomic E-state index is 0.567. The number of nitrogens with one attached hydrogen (secondary N) is 1. The van der Waals surface area contributed by atoms with Gasteiger partial charge in [0.25, 0.3) is 0 Å². The van der Waals surface area contributed by atoms with Crippen LogP contribution in [-0.2, 0) is 6.42 Å². The summed E-state index contributed by atoms with van der Waals surface area (Å²) in [6, 6.07) is 9.66. The fourth-order valence-electron chi connectivity index (χ4n) is 2.02. The summed E-state index contributed by atoms with van der Waals surface area (Å²) in [6.45, 7) is 7.29. The molecule has 0 atom stereocenters. The van der Waals surface area contributed by atoms with E-state index in [-0.39, 0.29) is 0 Å². The van der Waals surface area contributed by atoms with Crippen LogP contribution in [0.5, 0.6) is 0 Å². The first-order chi connectivity index (χ1) is 9.58. The van der Waals surface area contributed by atoms with Gasteiger partial charge in [-0.25, -0.2) is 9.97 Å². The summed E-state index contributed by atoms with van der Waals surface area (Å²) in [7, 11) is 0. The first kappa shape index (κ1) is 14.8. The summed E-state index contributed by atoms with van der Waals surface area (Å²) < 4.78 is 0. The number of aromatic nitrogens is 2. The van der Waals surface area contributed by atoms with Gasteiger partial charge in [0.05, 0.1) is 0 Å². The average molecular weight is 290 g/mol. The molecule has 0 aliphatic carbocycles. The van der Waals surface area contributed by atoms with Crippen LogP contribution in [0.2, 0.25) is 5.02 Å². The summed E-state index contributed by atoms with van der Waals surface area (Å²) in [6.07, 6.45) is 0.946. The normalized spacial score (nSPS) is 10.8. The third-order valence-electron chi connectivity index (χ3n) is 2.86. The minimum Gasteiger partial charge on any atom is -0.370 e. The zero-order valence-corrected chi connectivity index (χ0v) is 12.9. The highest BCUT2D eigenvalue weighted by molar-refractivity contribution is 6.30. The Morgan fingerprint density at radius 3 is 2.45 bits per heavy atom. The maximum atomic E-state index is 5.93.